The molecule has 0 saturated carbocycles. The van der Waals surface area contributed by atoms with E-state index in [0.29, 0.717) is 4.90 Å². The van der Waals surface area contributed by atoms with Gasteiger partial charge in [0.25, 0.3) is 0 Å². The minimum absolute atomic E-state index is 0.183. The Morgan fingerprint density at radius 1 is 1.27 bits per heavy atom. The molecule has 4 heteroatoms. The summed E-state index contributed by atoms with van der Waals surface area (Å²) in [5.41, 5.74) is 5.81. The van der Waals surface area contributed by atoms with E-state index in [-0.39, 0.29) is 11.5 Å². The van der Waals surface area contributed by atoms with Crippen molar-refractivity contribution in [1.29, 1.82) is 0 Å². The average Bonchev–Trinajstić information content (AvgIpc) is 2.60. The number of para-hydroxylation sites is 1. The van der Waals surface area contributed by atoms with Gasteiger partial charge in [-0.2, -0.15) is 0 Å². The molecule has 1 aromatic heterocycles. The number of nitrogens with two attached hydrogens (primary N) is 1. The first kappa shape index (κ1) is 10.1. The molecular weight excluding hydrogens is 213 g/mol. The minimum atomic E-state index is -0.388. The summed E-state index contributed by atoms with van der Waals surface area (Å²) >= 11 is 1.40. The Morgan fingerprint density at radius 3 is 2.73 bits per heavy atom. The van der Waals surface area contributed by atoms with Crippen LogP contribution in [0, 0.1) is 12.7 Å². The number of nitrogen functional groups attached to an aromatic ring is 1. The van der Waals surface area contributed by atoms with Crippen LogP contribution in [-0.4, -0.2) is 0 Å². The summed E-state index contributed by atoms with van der Waals surface area (Å²) < 4.78 is 18.3. The fourth-order valence-corrected chi connectivity index (χ4v) is 2.11. The Labute approximate surface area is 91.3 Å². The van der Waals surface area contributed by atoms with Gasteiger partial charge in [-0.3, -0.25) is 0 Å². The molecule has 0 radical (unpaired) electrons. The Balaban J connectivity index is 2.33. The molecule has 0 aliphatic heterocycles. The van der Waals surface area contributed by atoms with Crippen molar-refractivity contribution in [2.75, 3.05) is 5.73 Å². The van der Waals surface area contributed by atoms with Gasteiger partial charge in [0.15, 0.2) is 0 Å². The molecule has 0 atom stereocenters. The highest BCUT2D eigenvalue weighted by Crippen LogP contribution is 2.35. The molecule has 0 fully saturated rings. The van der Waals surface area contributed by atoms with Gasteiger partial charge in [-0.1, -0.05) is 17.8 Å². The maximum Gasteiger partial charge on any atom is 0.147 e. The zero-order valence-corrected chi connectivity index (χ0v) is 8.98. The van der Waals surface area contributed by atoms with Gasteiger partial charge in [-0.25, -0.2) is 4.39 Å². The van der Waals surface area contributed by atoms with Crippen molar-refractivity contribution in [3.63, 3.8) is 0 Å². The van der Waals surface area contributed by atoms with Crippen LogP contribution in [0.5, 0.6) is 0 Å². The summed E-state index contributed by atoms with van der Waals surface area (Å²) in [4.78, 5) is 1.66. The predicted octanol–water partition coefficient (Wildman–Crippen LogP) is 3.46. The lowest BCUT2D eigenvalue weighted by molar-refractivity contribution is 0.527. The third kappa shape index (κ3) is 1.99. The van der Waals surface area contributed by atoms with Crippen molar-refractivity contribution in [2.45, 2.75) is 16.7 Å². The van der Waals surface area contributed by atoms with Crippen molar-refractivity contribution in [2.24, 2.45) is 0 Å². The summed E-state index contributed by atoms with van der Waals surface area (Å²) in [5, 5.41) is 0. The van der Waals surface area contributed by atoms with E-state index < -0.39 is 0 Å². The fraction of sp³-hybridized carbons (Fsp3) is 0.0909. The van der Waals surface area contributed by atoms with E-state index in [1.807, 2.05) is 13.0 Å². The molecule has 2 rings (SSSR count). The van der Waals surface area contributed by atoms with Crippen molar-refractivity contribution in [1.82, 2.24) is 0 Å². The summed E-state index contributed by atoms with van der Waals surface area (Å²) in [7, 11) is 0. The highest BCUT2D eigenvalue weighted by atomic mass is 32.2. The minimum Gasteiger partial charge on any atom is -0.468 e. The maximum absolute atomic E-state index is 13.1. The lowest BCUT2D eigenvalue weighted by atomic mass is 10.3. The first-order valence-corrected chi connectivity index (χ1v) is 5.26. The SMILES string of the molecule is Cc1occc1Sc1cccc(F)c1N. The number of aryl methyl sites for hydroxylation is 1. The van der Waals surface area contributed by atoms with Gasteiger partial charge in [-0.15, -0.1) is 0 Å². The molecule has 0 bridgehead atoms. The van der Waals surface area contributed by atoms with E-state index in [0.717, 1.165) is 10.7 Å². The second-order valence-corrected chi connectivity index (χ2v) is 4.18. The largest absolute Gasteiger partial charge is 0.468 e. The third-order valence-electron chi connectivity index (χ3n) is 2.04. The number of anilines is 1. The standard InChI is InChI=1S/C11H10FNOS/c1-7-9(5-6-14-7)15-10-4-2-3-8(12)11(10)13/h2-6H,13H2,1H3. The lowest BCUT2D eigenvalue weighted by Gasteiger charge is -2.04. The van der Waals surface area contributed by atoms with Crippen molar-refractivity contribution >= 4 is 17.4 Å². The number of hydrogen-bond acceptors (Lipinski definition) is 3. The Morgan fingerprint density at radius 2 is 2.07 bits per heavy atom. The monoisotopic (exact) mass is 223 g/mol. The molecular formula is C11H10FNOS. The third-order valence-corrected chi connectivity index (χ3v) is 3.26. The van der Waals surface area contributed by atoms with Gasteiger partial charge in [0.1, 0.15) is 11.6 Å². The fourth-order valence-electron chi connectivity index (χ4n) is 1.20. The topological polar surface area (TPSA) is 39.2 Å². The van der Waals surface area contributed by atoms with Crippen LogP contribution in [0.2, 0.25) is 0 Å². The number of benzene rings is 1. The van der Waals surface area contributed by atoms with Crippen LogP contribution < -0.4 is 5.73 Å². The molecule has 0 amide bonds. The highest BCUT2D eigenvalue weighted by molar-refractivity contribution is 7.99. The van der Waals surface area contributed by atoms with Crippen LogP contribution in [0.25, 0.3) is 0 Å². The molecule has 1 heterocycles. The first-order chi connectivity index (χ1) is 7.18. The average molecular weight is 223 g/mol. The van der Waals surface area contributed by atoms with E-state index in [1.165, 1.54) is 17.8 Å². The second-order valence-electron chi connectivity index (χ2n) is 3.09. The lowest BCUT2D eigenvalue weighted by Crippen LogP contribution is -1.92. The Bertz CT molecular complexity index is 481. The summed E-state index contributed by atoms with van der Waals surface area (Å²) in [5.74, 6) is 0.421. The molecule has 0 saturated heterocycles. The number of hydrogen-bond donors (Lipinski definition) is 1. The van der Waals surface area contributed by atoms with Gasteiger partial charge in [-0.05, 0) is 25.1 Å². The quantitative estimate of drug-likeness (QED) is 0.792. The maximum atomic E-state index is 13.1. The van der Waals surface area contributed by atoms with Crippen LogP contribution in [0.4, 0.5) is 10.1 Å². The normalized spacial score (nSPS) is 10.5. The van der Waals surface area contributed by atoms with E-state index in [1.54, 1.807) is 18.4 Å². The van der Waals surface area contributed by atoms with Crippen LogP contribution in [0.3, 0.4) is 0 Å². The highest BCUT2D eigenvalue weighted by Gasteiger charge is 2.08. The number of rotatable bonds is 2. The molecule has 0 aliphatic carbocycles. The Hall–Kier alpha value is -1.42. The molecule has 0 aliphatic rings. The zero-order chi connectivity index (χ0) is 10.8. The van der Waals surface area contributed by atoms with Gasteiger partial charge >= 0.3 is 0 Å². The molecule has 78 valence electrons. The van der Waals surface area contributed by atoms with E-state index >= 15 is 0 Å². The number of furan rings is 1. The van der Waals surface area contributed by atoms with Crippen LogP contribution in [-0.2, 0) is 0 Å². The van der Waals surface area contributed by atoms with Crippen LogP contribution in [0.15, 0.2) is 44.7 Å². The van der Waals surface area contributed by atoms with E-state index in [9.17, 15) is 4.39 Å². The smallest absolute Gasteiger partial charge is 0.147 e. The van der Waals surface area contributed by atoms with Crippen LogP contribution >= 0.6 is 11.8 Å². The molecule has 2 N–H and O–H groups in total. The molecule has 15 heavy (non-hydrogen) atoms. The van der Waals surface area contributed by atoms with E-state index in [2.05, 4.69) is 0 Å². The van der Waals surface area contributed by atoms with Gasteiger partial charge in [0, 0.05) is 4.90 Å². The summed E-state index contributed by atoms with van der Waals surface area (Å²) in [6, 6.07) is 6.62. The zero-order valence-electron chi connectivity index (χ0n) is 8.16. The van der Waals surface area contributed by atoms with E-state index in [4.69, 9.17) is 10.2 Å². The molecule has 1 aromatic carbocycles. The number of halogens is 1. The molecule has 0 unspecified atom stereocenters. The summed E-state index contributed by atoms with van der Waals surface area (Å²) in [6.07, 6.45) is 1.60. The van der Waals surface area contributed by atoms with Crippen LogP contribution in [0.1, 0.15) is 5.76 Å². The molecule has 2 aromatic rings. The van der Waals surface area contributed by atoms with Gasteiger partial charge < -0.3 is 10.2 Å². The molecule has 2 nitrogen and oxygen atoms in total. The first-order valence-electron chi connectivity index (χ1n) is 4.44. The van der Waals surface area contributed by atoms with Crippen molar-refractivity contribution in [3.8, 4) is 0 Å². The molecule has 0 spiro atoms. The predicted molar refractivity (Wildman–Crippen MR) is 58.4 cm³/mol. The van der Waals surface area contributed by atoms with Gasteiger partial charge in [0.2, 0.25) is 0 Å². The summed E-state index contributed by atoms with van der Waals surface area (Å²) in [6.45, 7) is 1.86. The van der Waals surface area contributed by atoms with Crippen molar-refractivity contribution < 1.29 is 8.81 Å². The Kier molecular flexibility index (Phi) is 2.68. The van der Waals surface area contributed by atoms with Gasteiger partial charge in [0.05, 0.1) is 16.8 Å². The van der Waals surface area contributed by atoms with Crippen molar-refractivity contribution in [3.05, 3.63) is 42.1 Å². The second kappa shape index (κ2) is 3.98.